The van der Waals surface area contributed by atoms with E-state index in [1.54, 1.807) is 11.3 Å². The van der Waals surface area contributed by atoms with Crippen molar-refractivity contribution in [3.8, 4) is 0 Å². The summed E-state index contributed by atoms with van der Waals surface area (Å²) in [6, 6.07) is 10.1. The van der Waals surface area contributed by atoms with Crippen LogP contribution in [-0.2, 0) is 11.2 Å². The van der Waals surface area contributed by atoms with Crippen LogP contribution in [-0.4, -0.2) is 12.5 Å². The van der Waals surface area contributed by atoms with Crippen LogP contribution in [0.4, 0.5) is 0 Å². The number of carbonyl (C=O) groups is 1. The van der Waals surface area contributed by atoms with Crippen LogP contribution in [0.2, 0.25) is 0 Å². The lowest BCUT2D eigenvalue weighted by molar-refractivity contribution is -0.120. The molecule has 1 aromatic heterocycles. The van der Waals surface area contributed by atoms with Gasteiger partial charge in [0.25, 0.3) is 0 Å². The largest absolute Gasteiger partial charge is 0.354 e. The molecule has 3 nitrogen and oxygen atoms in total. The number of nitrogens with one attached hydrogen (secondary N) is 1. The van der Waals surface area contributed by atoms with Gasteiger partial charge in [-0.2, -0.15) is 11.3 Å². The summed E-state index contributed by atoms with van der Waals surface area (Å²) in [7, 11) is 0. The smallest absolute Gasteiger partial charge is 0.224 e. The molecule has 0 radical (unpaired) electrons. The molecule has 1 atom stereocenters. The summed E-state index contributed by atoms with van der Waals surface area (Å²) >= 11 is 1.60. The molecule has 0 aliphatic heterocycles. The molecule has 0 fully saturated rings. The van der Waals surface area contributed by atoms with Gasteiger partial charge in [-0.1, -0.05) is 38.1 Å². The molecule has 120 valence electrons. The molecule has 0 saturated heterocycles. The Bertz CT molecular complexity index is 567. The van der Waals surface area contributed by atoms with Crippen LogP contribution in [0.1, 0.15) is 42.5 Å². The molecular weight excluding hydrogens is 316 g/mol. The molecule has 0 spiro atoms. The van der Waals surface area contributed by atoms with Gasteiger partial charge >= 0.3 is 0 Å². The second-order valence-electron chi connectivity index (χ2n) is 5.54. The summed E-state index contributed by atoms with van der Waals surface area (Å²) in [5.41, 5.74) is 9.53. The van der Waals surface area contributed by atoms with Gasteiger partial charge in [-0.15, -0.1) is 12.4 Å². The van der Waals surface area contributed by atoms with Crippen LogP contribution in [0, 0.1) is 0 Å². The van der Waals surface area contributed by atoms with Crippen molar-refractivity contribution in [1.29, 1.82) is 0 Å². The van der Waals surface area contributed by atoms with E-state index in [2.05, 4.69) is 31.3 Å². The third kappa shape index (κ3) is 5.44. The zero-order valence-electron chi connectivity index (χ0n) is 12.9. The summed E-state index contributed by atoms with van der Waals surface area (Å²) in [4.78, 5) is 11.8. The number of rotatable bonds is 6. The van der Waals surface area contributed by atoms with Crippen LogP contribution in [0.25, 0.3) is 0 Å². The van der Waals surface area contributed by atoms with Crippen LogP contribution in [0.3, 0.4) is 0 Å². The molecule has 5 heteroatoms. The Labute approximate surface area is 142 Å². The summed E-state index contributed by atoms with van der Waals surface area (Å²) < 4.78 is 0. The highest BCUT2D eigenvalue weighted by atomic mass is 35.5. The lowest BCUT2D eigenvalue weighted by atomic mass is 9.99. The van der Waals surface area contributed by atoms with Gasteiger partial charge in [-0.05, 0) is 39.4 Å². The highest BCUT2D eigenvalue weighted by molar-refractivity contribution is 7.07. The third-order valence-electron chi connectivity index (χ3n) is 3.50. The number of halogens is 1. The standard InChI is InChI=1S/C17H22N2OS.ClH/c1-12(2)14-3-5-15(6-4-14)16(18)10-19-17(20)9-13-7-8-21-11-13;/h3-8,11-12,16H,9-10,18H2,1-2H3,(H,19,20);1H. The maximum absolute atomic E-state index is 11.8. The molecule has 1 unspecified atom stereocenters. The second-order valence-corrected chi connectivity index (χ2v) is 6.32. The van der Waals surface area contributed by atoms with Gasteiger partial charge in [0.1, 0.15) is 0 Å². The van der Waals surface area contributed by atoms with Crippen molar-refractivity contribution in [3.05, 3.63) is 57.8 Å². The van der Waals surface area contributed by atoms with Gasteiger partial charge < -0.3 is 11.1 Å². The van der Waals surface area contributed by atoms with Crippen LogP contribution in [0.5, 0.6) is 0 Å². The lowest BCUT2D eigenvalue weighted by Crippen LogP contribution is -2.32. The van der Waals surface area contributed by atoms with Gasteiger partial charge in [-0.3, -0.25) is 4.79 Å². The van der Waals surface area contributed by atoms with Crippen molar-refractivity contribution in [2.45, 2.75) is 32.2 Å². The van der Waals surface area contributed by atoms with E-state index in [0.29, 0.717) is 18.9 Å². The van der Waals surface area contributed by atoms with E-state index < -0.39 is 0 Å². The minimum absolute atomic E-state index is 0. The minimum Gasteiger partial charge on any atom is -0.354 e. The Morgan fingerprint density at radius 1 is 1.18 bits per heavy atom. The molecule has 0 saturated carbocycles. The number of hydrogen-bond acceptors (Lipinski definition) is 3. The Morgan fingerprint density at radius 3 is 2.36 bits per heavy atom. The van der Waals surface area contributed by atoms with Crippen molar-refractivity contribution >= 4 is 29.7 Å². The van der Waals surface area contributed by atoms with E-state index in [0.717, 1.165) is 11.1 Å². The quantitative estimate of drug-likeness (QED) is 0.844. The molecule has 1 amide bonds. The number of benzene rings is 1. The molecule has 2 aromatic rings. The van der Waals surface area contributed by atoms with Crippen LogP contribution in [0.15, 0.2) is 41.1 Å². The molecular formula is C17H23ClN2OS. The fourth-order valence-corrected chi connectivity index (χ4v) is 2.78. The first-order valence-electron chi connectivity index (χ1n) is 7.19. The fourth-order valence-electron chi connectivity index (χ4n) is 2.11. The molecule has 1 heterocycles. The Kier molecular flexibility index (Phi) is 7.59. The lowest BCUT2D eigenvalue weighted by Gasteiger charge is -2.14. The van der Waals surface area contributed by atoms with E-state index >= 15 is 0 Å². The highest BCUT2D eigenvalue weighted by Crippen LogP contribution is 2.17. The number of amides is 1. The van der Waals surface area contributed by atoms with Gasteiger partial charge in [0, 0.05) is 12.6 Å². The molecule has 22 heavy (non-hydrogen) atoms. The number of nitrogens with two attached hydrogens (primary N) is 1. The summed E-state index contributed by atoms with van der Waals surface area (Å²) in [5.74, 6) is 0.531. The van der Waals surface area contributed by atoms with Crippen molar-refractivity contribution in [3.63, 3.8) is 0 Å². The minimum atomic E-state index is -0.169. The highest BCUT2D eigenvalue weighted by Gasteiger charge is 2.09. The molecule has 0 bridgehead atoms. The first-order chi connectivity index (χ1) is 10.1. The zero-order valence-corrected chi connectivity index (χ0v) is 14.5. The predicted molar refractivity (Wildman–Crippen MR) is 95.7 cm³/mol. The van der Waals surface area contributed by atoms with Crippen molar-refractivity contribution < 1.29 is 4.79 Å². The van der Waals surface area contributed by atoms with E-state index in [-0.39, 0.29) is 24.4 Å². The first-order valence-corrected chi connectivity index (χ1v) is 8.13. The van der Waals surface area contributed by atoms with E-state index in [1.165, 1.54) is 5.56 Å². The Morgan fingerprint density at radius 2 is 1.82 bits per heavy atom. The van der Waals surface area contributed by atoms with Gasteiger partial charge in [0.2, 0.25) is 5.91 Å². The maximum atomic E-state index is 11.8. The van der Waals surface area contributed by atoms with Gasteiger partial charge in [0.05, 0.1) is 6.42 Å². The Balaban J connectivity index is 0.00000242. The summed E-state index contributed by atoms with van der Waals surface area (Å²) in [6.07, 6.45) is 0.419. The van der Waals surface area contributed by atoms with Crippen molar-refractivity contribution in [1.82, 2.24) is 5.32 Å². The van der Waals surface area contributed by atoms with Crippen molar-refractivity contribution in [2.24, 2.45) is 5.73 Å². The summed E-state index contributed by atoms with van der Waals surface area (Å²) in [5, 5.41) is 6.86. The third-order valence-corrected chi connectivity index (χ3v) is 4.23. The number of thiophene rings is 1. The van der Waals surface area contributed by atoms with Crippen LogP contribution >= 0.6 is 23.7 Å². The normalized spacial score (nSPS) is 11.8. The monoisotopic (exact) mass is 338 g/mol. The molecule has 1 aromatic carbocycles. The van der Waals surface area contributed by atoms with E-state index in [1.807, 2.05) is 29.0 Å². The number of carbonyl (C=O) groups excluding carboxylic acids is 1. The maximum Gasteiger partial charge on any atom is 0.224 e. The molecule has 2 rings (SSSR count). The summed E-state index contributed by atoms with van der Waals surface area (Å²) in [6.45, 7) is 4.79. The molecule has 3 N–H and O–H groups in total. The van der Waals surface area contributed by atoms with Gasteiger partial charge in [0.15, 0.2) is 0 Å². The van der Waals surface area contributed by atoms with Gasteiger partial charge in [-0.25, -0.2) is 0 Å². The average Bonchev–Trinajstić information content (AvgIpc) is 2.97. The fraction of sp³-hybridized carbons (Fsp3) is 0.353. The Hall–Kier alpha value is -1.36. The van der Waals surface area contributed by atoms with E-state index in [9.17, 15) is 4.79 Å². The van der Waals surface area contributed by atoms with Crippen molar-refractivity contribution in [2.75, 3.05) is 6.54 Å². The second kappa shape index (κ2) is 8.93. The van der Waals surface area contributed by atoms with E-state index in [4.69, 9.17) is 5.73 Å². The number of hydrogen-bond donors (Lipinski definition) is 2. The molecule has 0 aliphatic carbocycles. The SMILES string of the molecule is CC(C)c1ccc(C(N)CNC(=O)Cc2ccsc2)cc1.Cl. The first kappa shape index (κ1) is 18.7. The topological polar surface area (TPSA) is 55.1 Å². The average molecular weight is 339 g/mol. The zero-order chi connectivity index (χ0) is 15.2. The molecule has 0 aliphatic rings. The predicted octanol–water partition coefficient (Wildman–Crippen LogP) is 3.65. The van der Waals surface area contributed by atoms with Crippen LogP contribution < -0.4 is 11.1 Å².